The van der Waals surface area contributed by atoms with Gasteiger partial charge in [0.05, 0.1) is 18.1 Å². The number of rotatable bonds is 7. The van der Waals surface area contributed by atoms with Gasteiger partial charge in [-0.15, -0.1) is 11.3 Å². The summed E-state index contributed by atoms with van der Waals surface area (Å²) in [4.78, 5) is 32.2. The van der Waals surface area contributed by atoms with Crippen LogP contribution in [0.3, 0.4) is 0 Å². The van der Waals surface area contributed by atoms with Gasteiger partial charge >= 0.3 is 0 Å². The number of carbonyl (C=O) groups excluding carboxylic acids is 2. The van der Waals surface area contributed by atoms with Crippen LogP contribution in [-0.4, -0.2) is 49.1 Å². The third kappa shape index (κ3) is 5.30. The van der Waals surface area contributed by atoms with E-state index in [1.165, 1.54) is 11.3 Å². The second-order valence-electron chi connectivity index (χ2n) is 7.01. The summed E-state index contributed by atoms with van der Waals surface area (Å²) in [5, 5.41) is 7.63. The van der Waals surface area contributed by atoms with Crippen molar-refractivity contribution in [1.82, 2.24) is 15.6 Å². The van der Waals surface area contributed by atoms with Gasteiger partial charge in [-0.1, -0.05) is 19.9 Å². The Hall–Kier alpha value is -2.45. The zero-order valence-electron chi connectivity index (χ0n) is 16.2. The van der Waals surface area contributed by atoms with Gasteiger partial charge in [0.1, 0.15) is 11.9 Å². The van der Waals surface area contributed by atoms with Crippen molar-refractivity contribution in [3.8, 4) is 0 Å². The van der Waals surface area contributed by atoms with Gasteiger partial charge < -0.3 is 20.3 Å². The largest absolute Gasteiger partial charge is 0.378 e. The fraction of sp³-hybridized carbons (Fsp3) is 0.450. The van der Waals surface area contributed by atoms with Crippen molar-refractivity contribution >= 4 is 29.0 Å². The van der Waals surface area contributed by atoms with Crippen LogP contribution < -0.4 is 15.5 Å². The molecule has 1 atom stereocenters. The minimum Gasteiger partial charge on any atom is -0.378 e. The topological polar surface area (TPSA) is 83.6 Å². The van der Waals surface area contributed by atoms with E-state index in [0.717, 1.165) is 24.5 Å². The van der Waals surface area contributed by atoms with E-state index in [-0.39, 0.29) is 17.7 Å². The van der Waals surface area contributed by atoms with E-state index in [1.54, 1.807) is 12.3 Å². The molecule has 1 unspecified atom stereocenters. The van der Waals surface area contributed by atoms with Gasteiger partial charge in [0.25, 0.3) is 5.91 Å². The van der Waals surface area contributed by atoms with E-state index in [2.05, 4.69) is 20.5 Å². The van der Waals surface area contributed by atoms with Crippen molar-refractivity contribution in [2.75, 3.05) is 31.2 Å². The van der Waals surface area contributed by atoms with Gasteiger partial charge in [-0.3, -0.25) is 9.59 Å². The van der Waals surface area contributed by atoms with Crippen LogP contribution in [0.2, 0.25) is 0 Å². The molecule has 3 heterocycles. The number of pyridine rings is 1. The number of nitrogens with zero attached hydrogens (tertiary/aromatic N) is 2. The van der Waals surface area contributed by atoms with Crippen LogP contribution in [0.5, 0.6) is 0 Å². The number of aromatic nitrogens is 1. The molecule has 1 aliphatic heterocycles. The lowest BCUT2D eigenvalue weighted by Crippen LogP contribution is -2.49. The maximum atomic E-state index is 12.7. The summed E-state index contributed by atoms with van der Waals surface area (Å²) in [6.07, 6.45) is 1.75. The molecule has 28 heavy (non-hydrogen) atoms. The predicted octanol–water partition coefficient (Wildman–Crippen LogP) is 2.05. The first-order valence-corrected chi connectivity index (χ1v) is 10.3. The number of amides is 2. The highest BCUT2D eigenvalue weighted by Crippen LogP contribution is 2.15. The van der Waals surface area contributed by atoms with Gasteiger partial charge in [-0.05, 0) is 35.1 Å². The zero-order valence-corrected chi connectivity index (χ0v) is 17.0. The first-order chi connectivity index (χ1) is 13.5. The molecule has 2 aromatic rings. The Kier molecular flexibility index (Phi) is 7.00. The van der Waals surface area contributed by atoms with Crippen LogP contribution in [0.15, 0.2) is 35.8 Å². The highest BCUT2D eigenvalue weighted by atomic mass is 32.1. The molecule has 8 heteroatoms. The highest BCUT2D eigenvalue weighted by molar-refractivity contribution is 7.12. The molecule has 1 fully saturated rings. The maximum absolute atomic E-state index is 12.7. The summed E-state index contributed by atoms with van der Waals surface area (Å²) in [7, 11) is 0. The summed E-state index contributed by atoms with van der Waals surface area (Å²) >= 11 is 1.36. The van der Waals surface area contributed by atoms with E-state index in [4.69, 9.17) is 4.74 Å². The Balaban J connectivity index is 1.59. The van der Waals surface area contributed by atoms with Crippen LogP contribution in [-0.2, 0) is 16.1 Å². The highest BCUT2D eigenvalue weighted by Gasteiger charge is 2.25. The quantitative estimate of drug-likeness (QED) is 0.741. The average Bonchev–Trinajstić information content (AvgIpc) is 3.26. The number of hydrogen-bond donors (Lipinski definition) is 2. The lowest BCUT2D eigenvalue weighted by molar-refractivity contribution is -0.124. The number of hydrogen-bond acceptors (Lipinski definition) is 6. The molecule has 2 aromatic heterocycles. The molecule has 7 nitrogen and oxygen atoms in total. The molecule has 0 aliphatic carbocycles. The van der Waals surface area contributed by atoms with Gasteiger partial charge in [-0.2, -0.15) is 0 Å². The van der Waals surface area contributed by atoms with Crippen molar-refractivity contribution in [3.05, 3.63) is 46.3 Å². The second kappa shape index (κ2) is 9.66. The third-order valence-electron chi connectivity index (χ3n) is 4.59. The molecule has 150 valence electrons. The molecule has 1 aliphatic rings. The minimum atomic E-state index is -0.588. The molecule has 0 radical (unpaired) electrons. The Morgan fingerprint density at radius 2 is 2.07 bits per heavy atom. The lowest BCUT2D eigenvalue weighted by Gasteiger charge is -2.28. The lowest BCUT2D eigenvalue weighted by atomic mass is 10.0. The number of carbonyl (C=O) groups is 2. The van der Waals surface area contributed by atoms with E-state index in [1.807, 2.05) is 37.4 Å². The Morgan fingerprint density at radius 1 is 1.29 bits per heavy atom. The number of nitrogens with one attached hydrogen (secondary N) is 2. The SMILES string of the molecule is CC(C)C(NC(=O)c1cccs1)C(=O)NCc1ccnc(N2CCOCC2)c1. The van der Waals surface area contributed by atoms with Crippen LogP contribution in [0.1, 0.15) is 29.1 Å². The molecule has 0 spiro atoms. The summed E-state index contributed by atoms with van der Waals surface area (Å²) in [6.45, 7) is 7.24. The van der Waals surface area contributed by atoms with Gasteiger partial charge in [0, 0.05) is 25.8 Å². The number of morpholine rings is 1. The van der Waals surface area contributed by atoms with Crippen LogP contribution in [0, 0.1) is 5.92 Å². The van der Waals surface area contributed by atoms with Crippen LogP contribution in [0.25, 0.3) is 0 Å². The molecule has 0 aromatic carbocycles. The van der Waals surface area contributed by atoms with Crippen molar-refractivity contribution in [1.29, 1.82) is 0 Å². The molecule has 3 rings (SSSR count). The van der Waals surface area contributed by atoms with Crippen molar-refractivity contribution < 1.29 is 14.3 Å². The standard InChI is InChI=1S/C20H26N4O3S/c1-14(2)18(23-19(25)16-4-3-11-28-16)20(26)22-13-15-5-6-21-17(12-15)24-7-9-27-10-8-24/h3-6,11-12,14,18H,7-10,13H2,1-2H3,(H,22,26)(H,23,25). The fourth-order valence-electron chi connectivity index (χ4n) is 2.99. The average molecular weight is 403 g/mol. The van der Waals surface area contributed by atoms with E-state index >= 15 is 0 Å². The maximum Gasteiger partial charge on any atom is 0.262 e. The molecule has 2 amide bonds. The summed E-state index contributed by atoms with van der Waals surface area (Å²) in [5.74, 6) is 0.457. The summed E-state index contributed by atoms with van der Waals surface area (Å²) < 4.78 is 5.38. The normalized spacial score (nSPS) is 15.3. The summed E-state index contributed by atoms with van der Waals surface area (Å²) in [6, 6.07) is 6.85. The Bertz CT molecular complexity index is 789. The molecule has 2 N–H and O–H groups in total. The minimum absolute atomic E-state index is 0.0229. The van der Waals surface area contributed by atoms with Gasteiger partial charge in [-0.25, -0.2) is 4.98 Å². The van der Waals surface area contributed by atoms with Crippen molar-refractivity contribution in [2.45, 2.75) is 26.4 Å². The smallest absolute Gasteiger partial charge is 0.262 e. The predicted molar refractivity (Wildman–Crippen MR) is 110 cm³/mol. The number of anilines is 1. The van der Waals surface area contributed by atoms with E-state index in [0.29, 0.717) is 24.6 Å². The molecular weight excluding hydrogens is 376 g/mol. The van der Waals surface area contributed by atoms with Gasteiger partial charge in [0.2, 0.25) is 5.91 Å². The van der Waals surface area contributed by atoms with Gasteiger partial charge in [0.15, 0.2) is 0 Å². The summed E-state index contributed by atoms with van der Waals surface area (Å²) in [5.41, 5.74) is 0.969. The first-order valence-electron chi connectivity index (χ1n) is 9.44. The van der Waals surface area contributed by atoms with E-state index < -0.39 is 6.04 Å². The Labute approximate surface area is 169 Å². The molecule has 0 saturated carbocycles. The second-order valence-corrected chi connectivity index (χ2v) is 7.96. The van der Waals surface area contributed by atoms with E-state index in [9.17, 15) is 9.59 Å². The molecule has 0 bridgehead atoms. The molecular formula is C20H26N4O3S. The fourth-order valence-corrected chi connectivity index (χ4v) is 3.62. The Morgan fingerprint density at radius 3 is 2.75 bits per heavy atom. The van der Waals surface area contributed by atoms with Crippen LogP contribution >= 0.6 is 11.3 Å². The van der Waals surface area contributed by atoms with Crippen LogP contribution in [0.4, 0.5) is 5.82 Å². The number of thiophene rings is 1. The third-order valence-corrected chi connectivity index (χ3v) is 5.46. The zero-order chi connectivity index (χ0) is 19.9. The molecule has 1 saturated heterocycles. The first kappa shape index (κ1) is 20.3. The van der Waals surface area contributed by atoms with Crippen molar-refractivity contribution in [2.24, 2.45) is 5.92 Å². The monoisotopic (exact) mass is 402 g/mol. The van der Waals surface area contributed by atoms with Crippen molar-refractivity contribution in [3.63, 3.8) is 0 Å². The number of ether oxygens (including phenoxy) is 1.